The number of benzene rings is 1. The van der Waals surface area contributed by atoms with Crippen molar-refractivity contribution in [1.29, 1.82) is 0 Å². The Labute approximate surface area is 180 Å². The van der Waals surface area contributed by atoms with Crippen LogP contribution >= 0.6 is 7.82 Å². The van der Waals surface area contributed by atoms with E-state index in [2.05, 4.69) is 15.0 Å². The summed E-state index contributed by atoms with van der Waals surface area (Å²) in [6, 6.07) is 9.64. The number of fused-ring (bicyclic) bond motifs is 1. The normalized spacial score (nSPS) is 27.4. The van der Waals surface area contributed by atoms with Crippen LogP contribution in [-0.4, -0.2) is 62.5 Å². The van der Waals surface area contributed by atoms with Crippen molar-refractivity contribution in [3.05, 3.63) is 42.2 Å². The maximum Gasteiger partial charge on any atom is 0.488 e. The predicted octanol–water partition coefficient (Wildman–Crippen LogP) is 1.14. The molecule has 3 heterocycles. The van der Waals surface area contributed by atoms with E-state index in [0.29, 0.717) is 11.2 Å². The zero-order valence-electron chi connectivity index (χ0n) is 16.7. The Kier molecular flexibility index (Phi) is 6.38. The highest BCUT2D eigenvalue weighted by molar-refractivity contribution is 7.85. The molecule has 1 saturated heterocycles. The molecule has 162 valence electrons. The minimum absolute atomic E-state index is 0.0477. The summed E-state index contributed by atoms with van der Waals surface area (Å²) in [4.78, 5) is 22.7. The van der Waals surface area contributed by atoms with E-state index >= 15 is 0 Å². The van der Waals surface area contributed by atoms with E-state index in [9.17, 15) is 10.00 Å². The third kappa shape index (κ3) is 4.95. The Morgan fingerprint density at radius 3 is 2.77 bits per heavy atom. The lowest BCUT2D eigenvalue weighted by Crippen LogP contribution is -2.33. The first-order valence-electron chi connectivity index (χ1n) is 9.52. The summed E-state index contributed by atoms with van der Waals surface area (Å²) in [6.45, 7) is 1.52. The molecule has 4 atom stereocenters. The number of aromatic nitrogens is 4. The van der Waals surface area contributed by atoms with Crippen LogP contribution in [0.2, 0.25) is 0 Å². The maximum atomic E-state index is 10.8. The smallest absolute Gasteiger partial charge is 0.460 e. The molecule has 1 aromatic carbocycles. The van der Waals surface area contributed by atoms with Crippen LogP contribution in [0, 0.1) is 0 Å². The van der Waals surface area contributed by atoms with Crippen LogP contribution in [0.25, 0.3) is 11.2 Å². The first kappa shape index (κ1) is 21.9. The molecule has 13 heteroatoms. The standard InChI is InChI=1S/C18H22BN5O6P/c1-11-7-28-31(19,26)29-9-13(25)17(30-11)24-16-14(15(20)21-10-22-16)23-18(24)27-8-12-5-3-2-4-6-12/h2-6,10-11,13,17,25-26H,7-9H2,1H3,(H2,20,21,22)/q+1/t11-,13-,17+,31?/m0/s1. The summed E-state index contributed by atoms with van der Waals surface area (Å²) in [7, 11) is 2.06. The minimum Gasteiger partial charge on any atom is -0.460 e. The van der Waals surface area contributed by atoms with E-state index < -0.39 is 26.3 Å². The van der Waals surface area contributed by atoms with Gasteiger partial charge in [0, 0.05) is 0 Å². The van der Waals surface area contributed by atoms with Gasteiger partial charge in [-0.05, 0) is 12.5 Å². The Bertz CT molecular complexity index is 1040. The molecule has 0 spiro atoms. The summed E-state index contributed by atoms with van der Waals surface area (Å²) >= 11 is 0. The van der Waals surface area contributed by atoms with Gasteiger partial charge < -0.3 is 20.3 Å². The number of hydrogen-bond donors (Lipinski definition) is 3. The molecular formula is C18H22BN5O6P+. The van der Waals surface area contributed by atoms with Gasteiger partial charge in [-0.25, -0.2) is 19.4 Å². The van der Waals surface area contributed by atoms with E-state index in [1.165, 1.54) is 10.9 Å². The molecule has 0 saturated carbocycles. The first-order valence-corrected chi connectivity index (χ1v) is 11.2. The molecule has 4 rings (SSSR count). The maximum absolute atomic E-state index is 10.8. The van der Waals surface area contributed by atoms with E-state index in [1.54, 1.807) is 6.92 Å². The third-order valence-corrected chi connectivity index (χ3v) is 5.60. The molecule has 0 amide bonds. The van der Waals surface area contributed by atoms with Crippen LogP contribution in [0.1, 0.15) is 18.7 Å². The van der Waals surface area contributed by atoms with Gasteiger partial charge in [-0.3, -0.25) is 0 Å². The SMILES string of the molecule is [B][P+]1(O)OC[C@H](C)O[C@@H](n2c(OCc3ccccc3)nc3c(N)ncnc32)[C@@H](O)CO1. The van der Waals surface area contributed by atoms with Crippen molar-refractivity contribution in [2.45, 2.75) is 32.0 Å². The number of nitrogens with two attached hydrogens (primary N) is 1. The number of nitrogens with zero attached hydrogens (tertiary/aromatic N) is 4. The lowest BCUT2D eigenvalue weighted by molar-refractivity contribution is -0.123. The number of rotatable bonds is 4. The molecule has 0 aliphatic carbocycles. The lowest BCUT2D eigenvalue weighted by Gasteiger charge is -2.26. The summed E-state index contributed by atoms with van der Waals surface area (Å²) in [6.07, 6.45) is -1.57. The van der Waals surface area contributed by atoms with Crippen LogP contribution < -0.4 is 10.5 Å². The number of nitrogen functional groups attached to an aromatic ring is 1. The highest BCUT2D eigenvalue weighted by Crippen LogP contribution is 2.52. The van der Waals surface area contributed by atoms with Crippen molar-refractivity contribution >= 4 is 32.4 Å². The highest BCUT2D eigenvalue weighted by Gasteiger charge is 2.40. The number of hydrogen-bond acceptors (Lipinski definition) is 10. The second-order valence-electron chi connectivity index (χ2n) is 7.03. The Morgan fingerprint density at radius 1 is 1.26 bits per heavy atom. The monoisotopic (exact) mass is 446 g/mol. The number of ether oxygens (including phenoxy) is 2. The molecule has 1 fully saturated rings. The van der Waals surface area contributed by atoms with Crippen LogP contribution in [0.3, 0.4) is 0 Å². The average Bonchev–Trinajstić information content (AvgIpc) is 3.14. The zero-order chi connectivity index (χ0) is 22.0. The topological polar surface area (TPSA) is 147 Å². The summed E-state index contributed by atoms with van der Waals surface area (Å²) in [5.41, 5.74) is 7.50. The molecule has 0 bridgehead atoms. The molecule has 31 heavy (non-hydrogen) atoms. The minimum atomic E-state index is -3.58. The lowest BCUT2D eigenvalue weighted by atomic mass is 10.2. The zero-order valence-corrected chi connectivity index (χ0v) is 17.6. The third-order valence-electron chi connectivity index (χ3n) is 4.56. The molecule has 2 aromatic heterocycles. The van der Waals surface area contributed by atoms with Crippen molar-refractivity contribution in [2.75, 3.05) is 18.9 Å². The Morgan fingerprint density at radius 2 is 2.00 bits per heavy atom. The largest absolute Gasteiger partial charge is 0.488 e. The average molecular weight is 446 g/mol. The van der Waals surface area contributed by atoms with Gasteiger partial charge in [-0.1, -0.05) is 30.3 Å². The Hall–Kier alpha value is -2.34. The van der Waals surface area contributed by atoms with Gasteiger partial charge in [0.25, 0.3) is 0 Å². The van der Waals surface area contributed by atoms with E-state index in [-0.39, 0.29) is 31.6 Å². The van der Waals surface area contributed by atoms with Gasteiger partial charge >= 0.3 is 21.4 Å². The summed E-state index contributed by atoms with van der Waals surface area (Å²) < 4.78 is 23.8. The molecule has 1 aliphatic rings. The van der Waals surface area contributed by atoms with Gasteiger partial charge in [0.2, 0.25) is 0 Å². The fraction of sp³-hybridized carbons (Fsp3) is 0.389. The molecule has 3 aromatic rings. The van der Waals surface area contributed by atoms with Crippen molar-refractivity contribution in [1.82, 2.24) is 19.5 Å². The second kappa shape index (κ2) is 9.03. The second-order valence-corrected chi connectivity index (χ2v) is 8.67. The van der Waals surface area contributed by atoms with Crippen molar-refractivity contribution in [3.63, 3.8) is 0 Å². The number of aliphatic hydroxyl groups is 1. The predicted molar refractivity (Wildman–Crippen MR) is 113 cm³/mol. The highest BCUT2D eigenvalue weighted by atomic mass is 31.2. The van der Waals surface area contributed by atoms with Crippen LogP contribution in [-0.2, 0) is 20.4 Å². The fourth-order valence-corrected chi connectivity index (χ4v) is 3.94. The van der Waals surface area contributed by atoms with Crippen LogP contribution in [0.4, 0.5) is 5.82 Å². The van der Waals surface area contributed by atoms with Crippen LogP contribution in [0.15, 0.2) is 36.7 Å². The quantitative estimate of drug-likeness (QED) is 0.394. The summed E-state index contributed by atoms with van der Waals surface area (Å²) in [5, 5.41) is 10.8. The van der Waals surface area contributed by atoms with Crippen molar-refractivity contribution in [2.24, 2.45) is 0 Å². The van der Waals surface area contributed by atoms with E-state index in [1.807, 2.05) is 30.3 Å². The molecule has 4 N–H and O–H groups in total. The molecule has 11 nitrogen and oxygen atoms in total. The Balaban J connectivity index is 1.73. The fourth-order valence-electron chi connectivity index (χ4n) is 3.08. The van der Waals surface area contributed by atoms with Gasteiger partial charge in [0.15, 0.2) is 23.2 Å². The molecular weight excluding hydrogens is 424 g/mol. The number of aliphatic hydroxyl groups excluding tert-OH is 1. The molecule has 2 radical (unpaired) electrons. The van der Waals surface area contributed by atoms with Crippen molar-refractivity contribution in [3.8, 4) is 6.01 Å². The van der Waals surface area contributed by atoms with E-state index in [4.69, 9.17) is 31.8 Å². The van der Waals surface area contributed by atoms with Gasteiger partial charge in [-0.15, -0.1) is 0 Å². The molecule has 1 aliphatic heterocycles. The number of anilines is 1. The molecule has 1 unspecified atom stereocenters. The van der Waals surface area contributed by atoms with E-state index in [0.717, 1.165) is 5.56 Å². The van der Waals surface area contributed by atoms with Crippen molar-refractivity contribution < 1.29 is 28.5 Å². The first-order chi connectivity index (χ1) is 14.8. The number of imidazole rings is 1. The van der Waals surface area contributed by atoms with Crippen LogP contribution in [0.5, 0.6) is 6.01 Å². The summed E-state index contributed by atoms with van der Waals surface area (Å²) in [5.74, 6) is 0.153. The van der Waals surface area contributed by atoms with Gasteiger partial charge in [0.05, 0.1) is 6.10 Å². The van der Waals surface area contributed by atoms with Gasteiger partial charge in [0.1, 0.15) is 32.3 Å². The van der Waals surface area contributed by atoms with Gasteiger partial charge in [-0.2, -0.15) is 14.0 Å².